The summed E-state index contributed by atoms with van der Waals surface area (Å²) in [6, 6.07) is 77.2. The van der Waals surface area contributed by atoms with E-state index in [0.717, 1.165) is 92.4 Å². The van der Waals surface area contributed by atoms with Crippen LogP contribution in [0.25, 0.3) is 22.3 Å². The summed E-state index contributed by atoms with van der Waals surface area (Å²) >= 11 is 0. The maximum Gasteiger partial charge on any atom is 0.245 e. The summed E-state index contributed by atoms with van der Waals surface area (Å²) in [6.45, 7) is 2.50. The molecule has 94 heavy (non-hydrogen) atoms. The van der Waals surface area contributed by atoms with Crippen molar-refractivity contribution in [2.45, 2.75) is 132 Å². The van der Waals surface area contributed by atoms with Gasteiger partial charge in [0.15, 0.2) is 0 Å². The van der Waals surface area contributed by atoms with Gasteiger partial charge in [0, 0.05) is 25.4 Å². The number of hydrogen-bond donors (Lipinski definition) is 4. The Morgan fingerprint density at radius 1 is 0.468 bits per heavy atom. The molecule has 4 N–H and O–H groups in total. The maximum absolute atomic E-state index is 16.2. The lowest BCUT2D eigenvalue weighted by Gasteiger charge is -2.47. The van der Waals surface area contributed by atoms with E-state index in [9.17, 15) is 9.59 Å². The minimum absolute atomic E-state index is 0.00107. The second kappa shape index (κ2) is 30.5. The van der Waals surface area contributed by atoms with E-state index >= 15 is 19.2 Å². The largest absolute Gasteiger partial charge is 0.354 e. The number of unbranched alkanes of at least 4 members (excludes halogenated alkanes) is 1. The SMILES string of the molecule is CCCCNC(=O)C1C(Cc2ccc(-c3ccccc3)cc2)NC(=O)C(Cc2cccc(C3CCCC(NC(=O)C4C(Cc5ccc(-c6ccccc6)cc5)NC(=O)C(Cc5ccccc5)N4C(=O)C(c4ccccc4)c4ccccc4)C3)c2)N1C(=O)Cc1ccccc1. The molecule has 2 saturated heterocycles. The standard InChI is InChI=1S/C82H82N6O6/c1-2-3-48-83-80(92)76-70(50-58-40-44-63(45-41-58)61-29-14-6-15-30-61)85-78(90)72(87(76)74(89)54-57-26-12-5-13-27-57)53-60-28-22-37-67(49-60)68-38-23-39-69(55-68)84-81(93)77-71(51-59-42-46-64(47-43-59)62-31-16-7-17-32-62)86-79(91)73(52-56-24-10-4-11-25-56)88(77)82(94)75(65-33-18-8-19-34-65)66-35-20-9-21-36-66/h4-22,24-37,40-47,49,68-73,75-77H,2-3,23,38-39,48,50-55H2,1H3,(H,83,92)(H,84,93)(H,85,90)(H,86,91). The van der Waals surface area contributed by atoms with Gasteiger partial charge in [0.25, 0.3) is 0 Å². The third-order valence-corrected chi connectivity index (χ3v) is 19.1. The van der Waals surface area contributed by atoms with E-state index in [1.54, 1.807) is 9.80 Å². The number of nitrogens with zero attached hydrogens (tertiary/aromatic N) is 2. The molecule has 3 aliphatic rings. The van der Waals surface area contributed by atoms with Crippen molar-refractivity contribution in [1.29, 1.82) is 0 Å². The molecule has 8 atom stereocenters. The highest BCUT2D eigenvalue weighted by Crippen LogP contribution is 2.37. The summed E-state index contributed by atoms with van der Waals surface area (Å²) in [6.07, 6.45) is 5.54. The average Bonchev–Trinajstić information content (AvgIpc) is 0.769. The predicted octanol–water partition coefficient (Wildman–Crippen LogP) is 12.6. The predicted molar refractivity (Wildman–Crippen MR) is 370 cm³/mol. The molecule has 8 unspecified atom stereocenters. The minimum atomic E-state index is -1.11. The zero-order valence-electron chi connectivity index (χ0n) is 53.3. The number of piperazine rings is 2. The van der Waals surface area contributed by atoms with Crippen molar-refractivity contribution in [2.75, 3.05) is 6.54 Å². The van der Waals surface area contributed by atoms with Gasteiger partial charge < -0.3 is 31.1 Å². The molecule has 0 spiro atoms. The number of carbonyl (C=O) groups excluding carboxylic acids is 6. The molecule has 6 amide bonds. The molecule has 3 fully saturated rings. The molecule has 0 aromatic heterocycles. The van der Waals surface area contributed by atoms with E-state index in [1.807, 2.05) is 194 Å². The van der Waals surface area contributed by atoms with Crippen molar-refractivity contribution in [3.8, 4) is 22.3 Å². The quantitative estimate of drug-likeness (QED) is 0.0495. The van der Waals surface area contributed by atoms with Gasteiger partial charge in [-0.25, -0.2) is 0 Å². The molecule has 0 bridgehead atoms. The lowest BCUT2D eigenvalue weighted by molar-refractivity contribution is -0.155. The van der Waals surface area contributed by atoms with Crippen LogP contribution in [0.3, 0.4) is 0 Å². The highest BCUT2D eigenvalue weighted by molar-refractivity contribution is 6.00. The van der Waals surface area contributed by atoms with Crippen LogP contribution in [-0.4, -0.2) is 94.1 Å². The Bertz CT molecular complexity index is 3970. The van der Waals surface area contributed by atoms with Gasteiger partial charge in [-0.1, -0.05) is 275 Å². The van der Waals surface area contributed by atoms with Crippen molar-refractivity contribution in [3.63, 3.8) is 0 Å². The van der Waals surface area contributed by atoms with Crippen LogP contribution in [0.5, 0.6) is 0 Å². The molecule has 12 nitrogen and oxygen atoms in total. The van der Waals surface area contributed by atoms with Gasteiger partial charge in [0.1, 0.15) is 24.2 Å². The summed E-state index contributed by atoms with van der Waals surface area (Å²) in [5.74, 6) is -2.77. The van der Waals surface area contributed by atoms with Crippen LogP contribution in [0.15, 0.2) is 255 Å². The third-order valence-electron chi connectivity index (χ3n) is 19.1. The van der Waals surface area contributed by atoms with Crippen LogP contribution in [0.1, 0.15) is 102 Å². The highest BCUT2D eigenvalue weighted by atomic mass is 16.2. The summed E-state index contributed by atoms with van der Waals surface area (Å²) in [5.41, 5.74) is 11.1. The maximum atomic E-state index is 16.2. The fraction of sp³-hybridized carbons (Fsp3) is 0.268. The van der Waals surface area contributed by atoms with E-state index in [4.69, 9.17) is 0 Å². The molecule has 9 aromatic rings. The van der Waals surface area contributed by atoms with Crippen LogP contribution >= 0.6 is 0 Å². The van der Waals surface area contributed by atoms with Crippen molar-refractivity contribution in [2.24, 2.45) is 0 Å². The van der Waals surface area contributed by atoms with Gasteiger partial charge in [-0.2, -0.15) is 0 Å². The fourth-order valence-corrected chi connectivity index (χ4v) is 14.3. The summed E-state index contributed by atoms with van der Waals surface area (Å²) < 4.78 is 0. The van der Waals surface area contributed by atoms with Crippen molar-refractivity contribution >= 4 is 35.4 Å². The number of carbonyl (C=O) groups is 6. The van der Waals surface area contributed by atoms with Gasteiger partial charge in [0.2, 0.25) is 35.4 Å². The Morgan fingerprint density at radius 2 is 0.915 bits per heavy atom. The summed E-state index contributed by atoms with van der Waals surface area (Å²) in [5, 5.41) is 13.3. The lowest BCUT2D eigenvalue weighted by Crippen LogP contribution is -2.72. The van der Waals surface area contributed by atoms with Crippen LogP contribution in [0.2, 0.25) is 0 Å². The summed E-state index contributed by atoms with van der Waals surface area (Å²) in [4.78, 5) is 95.2. The van der Waals surface area contributed by atoms with Crippen LogP contribution < -0.4 is 21.3 Å². The van der Waals surface area contributed by atoms with Gasteiger partial charge in [-0.05, 0) is 111 Å². The average molecular weight is 1250 g/mol. The Hall–Kier alpha value is -10.2. The molecule has 12 heteroatoms. The van der Waals surface area contributed by atoms with Gasteiger partial charge in [-0.3, -0.25) is 28.8 Å². The van der Waals surface area contributed by atoms with E-state index in [-0.39, 0.29) is 73.1 Å². The minimum Gasteiger partial charge on any atom is -0.354 e. The number of hydrogen-bond acceptors (Lipinski definition) is 6. The van der Waals surface area contributed by atoms with E-state index in [1.165, 1.54) is 0 Å². The Labute approximate surface area is 552 Å². The lowest BCUT2D eigenvalue weighted by atomic mass is 9.80. The van der Waals surface area contributed by atoms with Crippen molar-refractivity contribution in [1.82, 2.24) is 31.1 Å². The van der Waals surface area contributed by atoms with Crippen LogP contribution in [0, 0.1) is 0 Å². The zero-order chi connectivity index (χ0) is 64.8. The molecule has 2 aliphatic heterocycles. The van der Waals surface area contributed by atoms with E-state index in [2.05, 4.69) is 88.9 Å². The second-order valence-corrected chi connectivity index (χ2v) is 25.5. The van der Waals surface area contributed by atoms with E-state index in [0.29, 0.717) is 25.8 Å². The highest BCUT2D eigenvalue weighted by Gasteiger charge is 2.51. The topological polar surface area (TPSA) is 157 Å². The molecule has 12 rings (SSSR count). The van der Waals surface area contributed by atoms with Gasteiger partial charge in [0.05, 0.1) is 24.4 Å². The van der Waals surface area contributed by atoms with Crippen molar-refractivity contribution < 1.29 is 28.8 Å². The molecule has 9 aromatic carbocycles. The van der Waals surface area contributed by atoms with Gasteiger partial charge in [-0.15, -0.1) is 0 Å². The molecular formula is C82H82N6O6. The molecule has 1 saturated carbocycles. The number of amides is 6. The Kier molecular flexibility index (Phi) is 20.7. The number of benzene rings is 9. The summed E-state index contributed by atoms with van der Waals surface area (Å²) in [7, 11) is 0. The van der Waals surface area contributed by atoms with Gasteiger partial charge >= 0.3 is 0 Å². The third kappa shape index (κ3) is 15.3. The zero-order valence-corrected chi connectivity index (χ0v) is 53.3. The molecular weight excluding hydrogens is 1160 g/mol. The molecule has 1 aliphatic carbocycles. The normalized spacial score (nSPS) is 20.4. The monoisotopic (exact) mass is 1250 g/mol. The first-order valence-corrected chi connectivity index (χ1v) is 33.4. The number of rotatable bonds is 22. The van der Waals surface area contributed by atoms with Crippen molar-refractivity contribution in [3.05, 3.63) is 299 Å². The Balaban J connectivity index is 0.840. The number of nitrogens with one attached hydrogen (secondary N) is 4. The molecule has 2 heterocycles. The first kappa shape index (κ1) is 63.9. The molecule has 0 radical (unpaired) electrons. The second-order valence-electron chi connectivity index (χ2n) is 25.5. The first-order chi connectivity index (χ1) is 46.0. The van der Waals surface area contributed by atoms with Crippen LogP contribution in [0.4, 0.5) is 0 Å². The van der Waals surface area contributed by atoms with Crippen LogP contribution in [-0.2, 0) is 60.9 Å². The first-order valence-electron chi connectivity index (χ1n) is 33.4. The smallest absolute Gasteiger partial charge is 0.245 e. The molecule has 476 valence electrons. The fourth-order valence-electron chi connectivity index (χ4n) is 14.3. The Morgan fingerprint density at radius 3 is 1.45 bits per heavy atom. The van der Waals surface area contributed by atoms with E-state index < -0.39 is 42.2 Å².